The van der Waals surface area contributed by atoms with Crippen molar-refractivity contribution >= 4 is 23.2 Å². The second-order valence-electron chi connectivity index (χ2n) is 9.78. The van der Waals surface area contributed by atoms with Crippen LogP contribution in [0.25, 0.3) is 0 Å². The minimum atomic E-state index is -0.180. The molecule has 0 radical (unpaired) electrons. The fourth-order valence-electron chi connectivity index (χ4n) is 5.28. The topological polar surface area (TPSA) is 59.1 Å². The second-order valence-corrected chi connectivity index (χ2v) is 10.8. The molecule has 1 aromatic heterocycles. The molecule has 3 heterocycles. The van der Waals surface area contributed by atoms with Crippen molar-refractivity contribution in [2.45, 2.75) is 44.9 Å². The Hall–Kier alpha value is -3.00. The first-order valence-electron chi connectivity index (χ1n) is 13.0. The largest absolute Gasteiger partial charge is 0.376 e. The number of benzene rings is 2. The predicted octanol–water partition coefficient (Wildman–Crippen LogP) is 4.76. The summed E-state index contributed by atoms with van der Waals surface area (Å²) in [6.07, 6.45) is 2.67. The maximum absolute atomic E-state index is 13.9. The molecule has 1 saturated heterocycles. The highest BCUT2D eigenvalue weighted by Crippen LogP contribution is 2.39. The molecule has 2 aromatic carbocycles. The Balaban J connectivity index is 1.32. The minimum absolute atomic E-state index is 0.0231. The monoisotopic (exact) mass is 518 g/mol. The number of rotatable bonds is 9. The van der Waals surface area contributed by atoms with Crippen molar-refractivity contribution < 1.29 is 19.1 Å². The minimum Gasteiger partial charge on any atom is -0.376 e. The van der Waals surface area contributed by atoms with Gasteiger partial charge < -0.3 is 19.3 Å². The molecule has 2 aliphatic heterocycles. The molecule has 1 fully saturated rings. The quantitative estimate of drug-likeness (QED) is 0.410. The Bertz CT molecular complexity index is 1210. The predicted molar refractivity (Wildman–Crippen MR) is 144 cm³/mol. The van der Waals surface area contributed by atoms with Gasteiger partial charge in [0.2, 0.25) is 11.8 Å². The van der Waals surface area contributed by atoms with Crippen LogP contribution in [0.4, 0.5) is 0 Å². The molecular formula is C30H34N2O4S. The van der Waals surface area contributed by atoms with Crippen LogP contribution in [0.15, 0.2) is 66.0 Å². The number of fused-ring (bicyclic) bond motifs is 1. The van der Waals surface area contributed by atoms with E-state index in [4.69, 9.17) is 9.47 Å². The van der Waals surface area contributed by atoms with Gasteiger partial charge in [0.15, 0.2) is 0 Å². The molecule has 7 heteroatoms. The molecule has 0 N–H and O–H groups in total. The first-order valence-corrected chi connectivity index (χ1v) is 13.9. The van der Waals surface area contributed by atoms with E-state index in [9.17, 15) is 9.59 Å². The van der Waals surface area contributed by atoms with Crippen LogP contribution in [-0.2, 0) is 32.1 Å². The van der Waals surface area contributed by atoms with E-state index in [1.54, 1.807) is 16.2 Å². The van der Waals surface area contributed by atoms with Gasteiger partial charge in [-0.05, 0) is 59.9 Å². The maximum atomic E-state index is 13.9. The van der Waals surface area contributed by atoms with Crippen molar-refractivity contribution in [2.24, 2.45) is 0 Å². The van der Waals surface area contributed by atoms with Gasteiger partial charge in [-0.2, -0.15) is 0 Å². The highest BCUT2D eigenvalue weighted by atomic mass is 32.1. The fourth-order valence-corrected chi connectivity index (χ4v) is 6.18. The third-order valence-electron chi connectivity index (χ3n) is 7.23. The van der Waals surface area contributed by atoms with Crippen molar-refractivity contribution in [3.8, 4) is 0 Å². The molecule has 2 atom stereocenters. The van der Waals surface area contributed by atoms with Crippen LogP contribution in [0.1, 0.15) is 46.0 Å². The highest BCUT2D eigenvalue weighted by Gasteiger charge is 2.35. The summed E-state index contributed by atoms with van der Waals surface area (Å²) in [6, 6.07) is 20.1. The molecule has 2 unspecified atom stereocenters. The number of hydrogen-bond donors (Lipinski definition) is 0. The summed E-state index contributed by atoms with van der Waals surface area (Å²) in [5, 5.41) is 2.11. The van der Waals surface area contributed by atoms with Crippen molar-refractivity contribution in [3.05, 3.63) is 93.2 Å². The van der Waals surface area contributed by atoms with Gasteiger partial charge in [-0.15, -0.1) is 11.3 Å². The zero-order valence-corrected chi connectivity index (χ0v) is 22.1. The van der Waals surface area contributed by atoms with Gasteiger partial charge in [-0.1, -0.05) is 54.6 Å². The van der Waals surface area contributed by atoms with E-state index in [1.165, 1.54) is 10.4 Å². The van der Waals surface area contributed by atoms with Crippen LogP contribution in [0, 0.1) is 6.92 Å². The molecule has 194 valence electrons. The number of nitrogens with zero attached hydrogens (tertiary/aromatic N) is 2. The molecule has 0 aliphatic carbocycles. The van der Waals surface area contributed by atoms with Gasteiger partial charge in [0.1, 0.15) is 6.61 Å². The molecule has 0 saturated carbocycles. The van der Waals surface area contributed by atoms with Gasteiger partial charge in [-0.25, -0.2) is 0 Å². The summed E-state index contributed by atoms with van der Waals surface area (Å²) < 4.78 is 11.6. The van der Waals surface area contributed by atoms with E-state index in [0.717, 1.165) is 36.0 Å². The van der Waals surface area contributed by atoms with E-state index in [2.05, 4.69) is 30.5 Å². The number of carbonyl (C=O) groups is 2. The lowest BCUT2D eigenvalue weighted by Crippen LogP contribution is -2.49. The van der Waals surface area contributed by atoms with Crippen LogP contribution < -0.4 is 0 Å². The molecular weight excluding hydrogens is 484 g/mol. The standard InChI is InChI=1S/C30H34N2O4S/c1-22-8-5-6-12-25(22)30-26-14-17-37-27(26)13-15-32(30)28(33)19-31(18-24-11-7-16-36-24)29(34)21-35-20-23-9-3-2-4-10-23/h2-6,8-10,12,14,17,24,30H,7,11,13,15-16,18-21H2,1H3. The summed E-state index contributed by atoms with van der Waals surface area (Å²) in [4.78, 5) is 32.1. The number of carbonyl (C=O) groups excluding carboxylic acids is 2. The lowest BCUT2D eigenvalue weighted by molar-refractivity contribution is -0.145. The van der Waals surface area contributed by atoms with E-state index < -0.39 is 0 Å². The molecule has 6 nitrogen and oxygen atoms in total. The maximum Gasteiger partial charge on any atom is 0.249 e. The van der Waals surface area contributed by atoms with Gasteiger partial charge in [0, 0.05) is 24.6 Å². The Morgan fingerprint density at radius 3 is 2.68 bits per heavy atom. The normalized spacial score (nSPS) is 19.0. The average Bonchev–Trinajstić information content (AvgIpc) is 3.61. The van der Waals surface area contributed by atoms with E-state index in [0.29, 0.717) is 26.3 Å². The second kappa shape index (κ2) is 12.0. The van der Waals surface area contributed by atoms with E-state index in [1.807, 2.05) is 47.4 Å². The molecule has 2 aliphatic rings. The lowest BCUT2D eigenvalue weighted by Gasteiger charge is -2.38. The number of aryl methyl sites for hydroxylation is 1. The first-order chi connectivity index (χ1) is 18.1. The molecule has 5 rings (SSSR count). The van der Waals surface area contributed by atoms with Crippen molar-refractivity contribution in [1.29, 1.82) is 0 Å². The summed E-state index contributed by atoms with van der Waals surface area (Å²) >= 11 is 1.76. The summed E-state index contributed by atoms with van der Waals surface area (Å²) in [6.45, 7) is 4.16. The summed E-state index contributed by atoms with van der Waals surface area (Å²) in [5.41, 5.74) is 4.50. The number of thiophene rings is 1. The summed E-state index contributed by atoms with van der Waals surface area (Å²) in [7, 11) is 0. The number of ether oxygens (including phenoxy) is 2. The fraction of sp³-hybridized carbons (Fsp3) is 0.400. The van der Waals surface area contributed by atoms with Crippen molar-refractivity contribution in [2.75, 3.05) is 32.8 Å². The van der Waals surface area contributed by atoms with Crippen LogP contribution >= 0.6 is 11.3 Å². The van der Waals surface area contributed by atoms with Crippen LogP contribution in [0.5, 0.6) is 0 Å². The number of hydrogen-bond acceptors (Lipinski definition) is 5. The van der Waals surface area contributed by atoms with Gasteiger partial charge in [0.05, 0.1) is 25.3 Å². The molecule has 0 bridgehead atoms. The SMILES string of the molecule is Cc1ccccc1C1c2ccsc2CCN1C(=O)CN(CC1CCCO1)C(=O)COCc1ccccc1. The van der Waals surface area contributed by atoms with E-state index in [-0.39, 0.29) is 37.1 Å². The zero-order chi connectivity index (χ0) is 25.6. The Morgan fingerprint density at radius 2 is 1.89 bits per heavy atom. The molecule has 3 aromatic rings. The van der Waals surface area contributed by atoms with Crippen molar-refractivity contribution in [3.63, 3.8) is 0 Å². The number of amides is 2. The van der Waals surface area contributed by atoms with Gasteiger partial charge in [0.25, 0.3) is 0 Å². The van der Waals surface area contributed by atoms with E-state index >= 15 is 0 Å². The third kappa shape index (κ3) is 6.12. The smallest absolute Gasteiger partial charge is 0.249 e. The molecule has 37 heavy (non-hydrogen) atoms. The molecule has 0 spiro atoms. The van der Waals surface area contributed by atoms with Crippen molar-refractivity contribution in [1.82, 2.24) is 9.80 Å². The summed E-state index contributed by atoms with van der Waals surface area (Å²) in [5.74, 6) is -0.222. The van der Waals surface area contributed by atoms with Crippen LogP contribution in [-0.4, -0.2) is 60.6 Å². The average molecular weight is 519 g/mol. The van der Waals surface area contributed by atoms with Crippen LogP contribution in [0.2, 0.25) is 0 Å². The Labute approximate surface area is 222 Å². The lowest BCUT2D eigenvalue weighted by atomic mass is 9.90. The van der Waals surface area contributed by atoms with Gasteiger partial charge in [-0.3, -0.25) is 9.59 Å². The highest BCUT2D eigenvalue weighted by molar-refractivity contribution is 7.10. The zero-order valence-electron chi connectivity index (χ0n) is 21.3. The Morgan fingerprint density at radius 1 is 1.08 bits per heavy atom. The Kier molecular flexibility index (Phi) is 8.34. The first kappa shape index (κ1) is 25.6. The van der Waals surface area contributed by atoms with Crippen LogP contribution in [0.3, 0.4) is 0 Å². The molecule has 2 amide bonds. The van der Waals surface area contributed by atoms with Gasteiger partial charge >= 0.3 is 0 Å². The third-order valence-corrected chi connectivity index (χ3v) is 8.23.